The van der Waals surface area contributed by atoms with Gasteiger partial charge >= 0.3 is 0 Å². The number of carbonyl (C=O) groups excluding carboxylic acids is 1. The van der Waals surface area contributed by atoms with Crippen LogP contribution < -0.4 is 9.21 Å². The lowest BCUT2D eigenvalue weighted by molar-refractivity contribution is 0.0987. The fraction of sp³-hybridized carbons (Fsp3) is 0.350. The summed E-state index contributed by atoms with van der Waals surface area (Å²) >= 11 is 0. The number of amides is 1. The Balaban J connectivity index is 1.68. The number of sulfonamides is 1. The van der Waals surface area contributed by atoms with E-state index >= 15 is 0 Å². The molecule has 136 valence electrons. The number of aryl methyl sites for hydroxylation is 1. The van der Waals surface area contributed by atoms with E-state index in [-0.39, 0.29) is 11.7 Å². The predicted molar refractivity (Wildman–Crippen MR) is 103 cm³/mol. The zero-order valence-corrected chi connectivity index (χ0v) is 15.4. The minimum atomic E-state index is -3.25. The van der Waals surface area contributed by atoms with Crippen molar-refractivity contribution in [3.05, 3.63) is 59.7 Å². The van der Waals surface area contributed by atoms with Gasteiger partial charge in [0.15, 0.2) is 0 Å². The summed E-state index contributed by atoms with van der Waals surface area (Å²) in [6, 6.07) is 15.0. The van der Waals surface area contributed by atoms with Gasteiger partial charge < -0.3 is 4.90 Å². The highest BCUT2D eigenvalue weighted by Crippen LogP contribution is 2.29. The molecule has 26 heavy (non-hydrogen) atoms. The number of carbonyl (C=O) groups is 1. The van der Waals surface area contributed by atoms with Gasteiger partial charge in [0.1, 0.15) is 0 Å². The minimum Gasteiger partial charge on any atom is -0.308 e. The second kappa shape index (κ2) is 6.76. The summed E-state index contributed by atoms with van der Waals surface area (Å²) in [6.45, 7) is 1.16. The van der Waals surface area contributed by atoms with Crippen LogP contribution in [0.5, 0.6) is 0 Å². The molecule has 0 N–H and O–H groups in total. The van der Waals surface area contributed by atoms with Crippen LogP contribution >= 0.6 is 0 Å². The van der Waals surface area contributed by atoms with Crippen LogP contribution in [0.25, 0.3) is 0 Å². The average Bonchev–Trinajstić information content (AvgIpc) is 2.88. The highest BCUT2D eigenvalue weighted by atomic mass is 32.2. The first-order valence-corrected chi connectivity index (χ1v) is 10.7. The molecule has 0 spiro atoms. The fourth-order valence-electron chi connectivity index (χ4n) is 3.78. The number of rotatable bonds is 2. The first-order valence-electron chi connectivity index (χ1n) is 9.06. The first kappa shape index (κ1) is 17.1. The maximum Gasteiger partial charge on any atom is 0.258 e. The normalized spacial score (nSPS) is 19.1. The van der Waals surface area contributed by atoms with Gasteiger partial charge in [-0.05, 0) is 55.5 Å². The molecule has 2 heterocycles. The van der Waals surface area contributed by atoms with Crippen LogP contribution in [-0.4, -0.2) is 33.2 Å². The first-order chi connectivity index (χ1) is 12.6. The largest absolute Gasteiger partial charge is 0.308 e. The highest BCUT2D eigenvalue weighted by molar-refractivity contribution is 7.93. The molecule has 0 aliphatic carbocycles. The third-order valence-electron chi connectivity index (χ3n) is 5.09. The van der Waals surface area contributed by atoms with Gasteiger partial charge in [0.25, 0.3) is 5.91 Å². The van der Waals surface area contributed by atoms with Gasteiger partial charge in [-0.1, -0.05) is 24.3 Å². The minimum absolute atomic E-state index is 0.0715. The standard InChI is InChI=1S/C20H22N2O3S/c23-20(21-12-4-3-8-16-7-1-2-11-19(16)21)17-9-5-10-18(15-17)22-13-6-14-26(22,24)25/h1-2,5,7,9-11,15H,3-4,6,8,12-14H2. The van der Waals surface area contributed by atoms with Crippen molar-refractivity contribution in [2.24, 2.45) is 0 Å². The van der Waals surface area contributed by atoms with Crippen LogP contribution in [0.1, 0.15) is 35.2 Å². The number of benzene rings is 2. The molecule has 0 atom stereocenters. The Morgan fingerprint density at radius 2 is 1.77 bits per heavy atom. The summed E-state index contributed by atoms with van der Waals surface area (Å²) < 4.78 is 25.8. The van der Waals surface area contributed by atoms with Crippen molar-refractivity contribution in [1.29, 1.82) is 0 Å². The van der Waals surface area contributed by atoms with Crippen LogP contribution in [0, 0.1) is 0 Å². The lowest BCUT2D eigenvalue weighted by Crippen LogP contribution is -2.32. The van der Waals surface area contributed by atoms with E-state index in [4.69, 9.17) is 0 Å². The summed E-state index contributed by atoms with van der Waals surface area (Å²) in [4.78, 5) is 15.0. The molecule has 4 rings (SSSR count). The lowest BCUT2D eigenvalue weighted by atomic mass is 10.1. The third-order valence-corrected chi connectivity index (χ3v) is 6.96. The fourth-order valence-corrected chi connectivity index (χ4v) is 5.34. The second-order valence-corrected chi connectivity index (χ2v) is 8.85. The SMILES string of the molecule is O=C(c1cccc(N2CCCS2(=O)=O)c1)N1CCCCc2ccccc21. The Kier molecular flexibility index (Phi) is 4.44. The molecule has 0 unspecified atom stereocenters. The van der Waals surface area contributed by atoms with Crippen molar-refractivity contribution in [1.82, 2.24) is 0 Å². The molecule has 5 nitrogen and oxygen atoms in total. The van der Waals surface area contributed by atoms with Crippen LogP contribution in [0.2, 0.25) is 0 Å². The van der Waals surface area contributed by atoms with Crippen molar-refractivity contribution in [3.8, 4) is 0 Å². The van der Waals surface area contributed by atoms with Gasteiger partial charge in [-0.2, -0.15) is 0 Å². The average molecular weight is 370 g/mol. The van der Waals surface area contributed by atoms with E-state index in [0.717, 1.165) is 24.9 Å². The van der Waals surface area contributed by atoms with Crippen LogP contribution in [0.4, 0.5) is 11.4 Å². The lowest BCUT2D eigenvalue weighted by Gasteiger charge is -2.24. The van der Waals surface area contributed by atoms with Crippen molar-refractivity contribution in [3.63, 3.8) is 0 Å². The zero-order valence-electron chi connectivity index (χ0n) is 14.6. The molecule has 0 aromatic heterocycles. The van der Waals surface area contributed by atoms with Gasteiger partial charge in [0.2, 0.25) is 10.0 Å². The van der Waals surface area contributed by atoms with Gasteiger partial charge in [0, 0.05) is 24.3 Å². The molecule has 0 radical (unpaired) electrons. The number of anilines is 2. The van der Waals surface area contributed by atoms with E-state index in [0.29, 0.717) is 30.8 Å². The molecular weight excluding hydrogens is 348 g/mol. The molecular formula is C20H22N2O3S. The molecule has 6 heteroatoms. The smallest absolute Gasteiger partial charge is 0.258 e. The summed E-state index contributed by atoms with van der Waals surface area (Å²) in [5.41, 5.74) is 3.27. The molecule has 2 aliphatic rings. The second-order valence-electron chi connectivity index (χ2n) is 6.83. The maximum atomic E-state index is 13.2. The molecule has 2 aliphatic heterocycles. The van der Waals surface area contributed by atoms with Crippen LogP contribution in [-0.2, 0) is 16.4 Å². The molecule has 1 fully saturated rings. The van der Waals surface area contributed by atoms with E-state index in [9.17, 15) is 13.2 Å². The molecule has 1 saturated heterocycles. The van der Waals surface area contributed by atoms with Crippen molar-refractivity contribution in [2.75, 3.05) is 28.0 Å². The molecule has 1 amide bonds. The van der Waals surface area contributed by atoms with Gasteiger partial charge in [-0.15, -0.1) is 0 Å². The van der Waals surface area contributed by atoms with E-state index < -0.39 is 10.0 Å². The summed E-state index contributed by atoms with van der Waals surface area (Å²) in [5.74, 6) is 0.0998. The van der Waals surface area contributed by atoms with Gasteiger partial charge in [-0.25, -0.2) is 8.42 Å². The zero-order chi connectivity index (χ0) is 18.1. The Labute approximate surface area is 154 Å². The quantitative estimate of drug-likeness (QED) is 0.816. The number of hydrogen-bond donors (Lipinski definition) is 0. The summed E-state index contributed by atoms with van der Waals surface area (Å²) in [5, 5.41) is 0. The van der Waals surface area contributed by atoms with Crippen molar-refractivity contribution < 1.29 is 13.2 Å². The Bertz CT molecular complexity index is 940. The number of nitrogens with zero attached hydrogens (tertiary/aromatic N) is 2. The molecule has 0 bridgehead atoms. The van der Waals surface area contributed by atoms with E-state index in [1.165, 1.54) is 9.87 Å². The van der Waals surface area contributed by atoms with Crippen molar-refractivity contribution in [2.45, 2.75) is 25.7 Å². The Morgan fingerprint density at radius 3 is 2.58 bits per heavy atom. The van der Waals surface area contributed by atoms with E-state index in [1.54, 1.807) is 24.3 Å². The van der Waals surface area contributed by atoms with E-state index in [1.807, 2.05) is 23.1 Å². The number of para-hydroxylation sites is 1. The Morgan fingerprint density at radius 1 is 0.923 bits per heavy atom. The van der Waals surface area contributed by atoms with Gasteiger partial charge in [-0.3, -0.25) is 9.10 Å². The van der Waals surface area contributed by atoms with Crippen LogP contribution in [0.15, 0.2) is 48.5 Å². The molecule has 2 aromatic rings. The van der Waals surface area contributed by atoms with E-state index in [2.05, 4.69) is 6.07 Å². The highest BCUT2D eigenvalue weighted by Gasteiger charge is 2.29. The monoisotopic (exact) mass is 370 g/mol. The van der Waals surface area contributed by atoms with Crippen LogP contribution in [0.3, 0.4) is 0 Å². The summed E-state index contributed by atoms with van der Waals surface area (Å²) in [7, 11) is -3.25. The molecule has 2 aromatic carbocycles. The third kappa shape index (κ3) is 3.09. The number of hydrogen-bond acceptors (Lipinski definition) is 3. The van der Waals surface area contributed by atoms with Crippen molar-refractivity contribution >= 4 is 27.3 Å². The molecule has 0 saturated carbocycles. The number of fused-ring (bicyclic) bond motifs is 1. The van der Waals surface area contributed by atoms with Gasteiger partial charge in [0.05, 0.1) is 11.4 Å². The predicted octanol–water partition coefficient (Wildman–Crippen LogP) is 3.21. The topological polar surface area (TPSA) is 57.7 Å². The maximum absolute atomic E-state index is 13.2. The summed E-state index contributed by atoms with van der Waals surface area (Å²) in [6.07, 6.45) is 3.62. The Hall–Kier alpha value is -2.34.